The number of ether oxygens (including phenoxy) is 1. The number of Topliss-reactive ketones (excluding diaryl/α,β-unsaturated/α-hetero) is 1. The van der Waals surface area contributed by atoms with Crippen LogP contribution in [0.5, 0.6) is 0 Å². The van der Waals surface area contributed by atoms with Gasteiger partial charge in [-0.15, -0.1) is 11.3 Å². The molecule has 1 atom stereocenters. The molecule has 5 aromatic rings. The number of aliphatic hydroxyl groups is 1. The molecule has 9 nitrogen and oxygen atoms in total. The molecule has 0 saturated heterocycles. The minimum atomic E-state index is -1.03. The smallest absolute Gasteiger partial charge is 0.332 e. The van der Waals surface area contributed by atoms with E-state index < -0.39 is 35.5 Å². The molecule has 1 N–H and O–H groups in total. The summed E-state index contributed by atoms with van der Waals surface area (Å²) < 4.78 is 36.8. The highest BCUT2D eigenvalue weighted by molar-refractivity contribution is 7.22. The quantitative estimate of drug-likeness (QED) is 0.188. The number of hydrogen-bond acceptors (Lipinski definition) is 8. The summed E-state index contributed by atoms with van der Waals surface area (Å²) in [5.41, 5.74) is 1.41. The lowest BCUT2D eigenvalue weighted by molar-refractivity contribution is -0.121. The van der Waals surface area contributed by atoms with E-state index in [-0.39, 0.29) is 41.1 Å². The number of methoxy groups -OCH3 is 1. The Bertz CT molecular complexity index is 1970. The molecule has 47 heavy (non-hydrogen) atoms. The lowest BCUT2D eigenvalue weighted by Crippen LogP contribution is -2.42. The second-order valence-corrected chi connectivity index (χ2v) is 12.6. The summed E-state index contributed by atoms with van der Waals surface area (Å²) in [6.45, 7) is 1.64. The number of fused-ring (bicyclic) bond motifs is 1. The fourth-order valence-corrected chi connectivity index (χ4v) is 6.82. The Kier molecular flexibility index (Phi) is 10.9. The third kappa shape index (κ3) is 7.79. The van der Waals surface area contributed by atoms with Crippen molar-refractivity contribution in [2.75, 3.05) is 27.3 Å². The zero-order valence-corrected chi connectivity index (χ0v) is 27.2. The van der Waals surface area contributed by atoms with Crippen LogP contribution in [0.4, 0.5) is 8.78 Å². The molecule has 0 fully saturated rings. The van der Waals surface area contributed by atoms with Gasteiger partial charge in [-0.3, -0.25) is 23.7 Å². The number of hydrogen-bond donors (Lipinski definition) is 1. The van der Waals surface area contributed by atoms with Crippen LogP contribution in [0.15, 0.2) is 76.4 Å². The van der Waals surface area contributed by atoms with Gasteiger partial charge in [-0.1, -0.05) is 36.4 Å². The van der Waals surface area contributed by atoms with Crippen molar-refractivity contribution >= 4 is 27.3 Å². The highest BCUT2D eigenvalue weighted by Crippen LogP contribution is 2.38. The third-order valence-electron chi connectivity index (χ3n) is 7.81. The van der Waals surface area contributed by atoms with Crippen molar-refractivity contribution in [2.45, 2.75) is 45.5 Å². The molecule has 12 heteroatoms. The zero-order valence-electron chi connectivity index (χ0n) is 26.4. The number of carbonyl (C=O) groups is 1. The number of nitrogens with zero attached hydrogens (tertiary/aromatic N) is 4. The van der Waals surface area contributed by atoms with Crippen LogP contribution in [0.2, 0.25) is 0 Å². The summed E-state index contributed by atoms with van der Waals surface area (Å²) in [6, 6.07) is 16.5. The highest BCUT2D eigenvalue weighted by Gasteiger charge is 2.25. The number of aliphatic hydroxyl groups excluding tert-OH is 1. The van der Waals surface area contributed by atoms with E-state index in [0.29, 0.717) is 30.0 Å². The van der Waals surface area contributed by atoms with Crippen LogP contribution in [-0.2, 0) is 42.0 Å². The maximum Gasteiger partial charge on any atom is 0.332 e. The fourth-order valence-electron chi connectivity index (χ4n) is 5.52. The molecule has 3 aromatic heterocycles. The topological polar surface area (TPSA) is 107 Å². The van der Waals surface area contributed by atoms with Crippen LogP contribution >= 0.6 is 11.3 Å². The standard InChI is InChI=1S/C35H36F2N4O5S/c1-22(42)18-40-33(44)31-28(19-39(2)16-14-25-7-4-5-15-38-25)32(24-12-10-23(11-13-24)17-26(43)21-46-3)47-34(31)41(35(40)45)20-27-29(36)8-6-9-30(27)37/h4-13,15,22,42H,14,16-21H2,1-3H3. The lowest BCUT2D eigenvalue weighted by Gasteiger charge is -2.18. The van der Waals surface area contributed by atoms with Crippen molar-refractivity contribution in [1.29, 1.82) is 0 Å². The number of benzene rings is 2. The predicted molar refractivity (Wildman–Crippen MR) is 178 cm³/mol. The van der Waals surface area contributed by atoms with Crippen molar-refractivity contribution in [3.05, 3.63) is 122 Å². The van der Waals surface area contributed by atoms with Crippen LogP contribution in [0.1, 0.15) is 29.3 Å². The molecule has 0 radical (unpaired) electrons. The molecule has 0 bridgehead atoms. The van der Waals surface area contributed by atoms with E-state index >= 15 is 0 Å². The van der Waals surface area contributed by atoms with E-state index in [1.54, 1.807) is 6.20 Å². The van der Waals surface area contributed by atoms with Gasteiger partial charge in [0.25, 0.3) is 5.56 Å². The normalized spacial score (nSPS) is 12.2. The number of aromatic nitrogens is 3. The monoisotopic (exact) mass is 662 g/mol. The van der Waals surface area contributed by atoms with Crippen molar-refractivity contribution < 1.29 is 23.4 Å². The highest BCUT2D eigenvalue weighted by atomic mass is 32.1. The summed E-state index contributed by atoms with van der Waals surface area (Å²) >= 11 is 1.19. The lowest BCUT2D eigenvalue weighted by atomic mass is 10.0. The minimum Gasteiger partial charge on any atom is -0.392 e. The molecule has 0 aliphatic rings. The number of thiophene rings is 1. The van der Waals surface area contributed by atoms with Crippen LogP contribution < -0.4 is 11.2 Å². The van der Waals surface area contributed by atoms with Crippen molar-refractivity contribution in [3.8, 4) is 10.4 Å². The average molecular weight is 663 g/mol. The van der Waals surface area contributed by atoms with Crippen LogP contribution in [0.25, 0.3) is 20.7 Å². The number of pyridine rings is 1. The molecule has 0 spiro atoms. The number of carbonyl (C=O) groups excluding carboxylic acids is 1. The summed E-state index contributed by atoms with van der Waals surface area (Å²) in [4.78, 5) is 47.5. The summed E-state index contributed by atoms with van der Waals surface area (Å²) in [7, 11) is 3.38. The summed E-state index contributed by atoms with van der Waals surface area (Å²) in [5.74, 6) is -1.70. The average Bonchev–Trinajstić information content (AvgIpc) is 3.41. The van der Waals surface area contributed by atoms with Gasteiger partial charge in [0.15, 0.2) is 5.78 Å². The molecule has 2 aromatic carbocycles. The molecule has 0 amide bonds. The van der Waals surface area contributed by atoms with Gasteiger partial charge < -0.3 is 14.7 Å². The van der Waals surface area contributed by atoms with Crippen LogP contribution in [-0.4, -0.2) is 63.3 Å². The van der Waals surface area contributed by atoms with E-state index in [4.69, 9.17) is 4.74 Å². The van der Waals surface area contributed by atoms with Crippen LogP contribution in [0.3, 0.4) is 0 Å². The maximum absolute atomic E-state index is 14.9. The molecular weight excluding hydrogens is 626 g/mol. The van der Waals surface area contributed by atoms with Gasteiger partial charge >= 0.3 is 5.69 Å². The van der Waals surface area contributed by atoms with Gasteiger partial charge in [-0.2, -0.15) is 0 Å². The van der Waals surface area contributed by atoms with E-state index in [1.165, 1.54) is 36.0 Å². The second kappa shape index (κ2) is 15.0. The molecule has 0 aliphatic heterocycles. The van der Waals surface area contributed by atoms with Gasteiger partial charge in [0.2, 0.25) is 0 Å². The molecule has 246 valence electrons. The Labute approximate surface area is 274 Å². The van der Waals surface area contributed by atoms with Gasteiger partial charge in [0.1, 0.15) is 23.1 Å². The number of rotatable bonds is 14. The van der Waals surface area contributed by atoms with Gasteiger partial charge in [-0.25, -0.2) is 13.6 Å². The molecule has 1 unspecified atom stereocenters. The van der Waals surface area contributed by atoms with E-state index in [2.05, 4.69) is 4.98 Å². The van der Waals surface area contributed by atoms with Gasteiger partial charge in [-0.05, 0) is 54.9 Å². The molecule has 3 heterocycles. The third-order valence-corrected chi connectivity index (χ3v) is 9.11. The van der Waals surface area contributed by atoms with Crippen molar-refractivity contribution in [1.82, 2.24) is 19.0 Å². The predicted octanol–water partition coefficient (Wildman–Crippen LogP) is 4.43. The van der Waals surface area contributed by atoms with Gasteiger partial charge in [0.05, 0.1) is 24.6 Å². The van der Waals surface area contributed by atoms with E-state index in [1.807, 2.05) is 54.4 Å². The van der Waals surface area contributed by atoms with Crippen molar-refractivity contribution in [2.24, 2.45) is 0 Å². The second-order valence-electron chi connectivity index (χ2n) is 11.6. The zero-order chi connectivity index (χ0) is 33.7. The molecule has 5 rings (SSSR count). The first kappa shape index (κ1) is 34.0. The first-order valence-corrected chi connectivity index (χ1v) is 16.0. The number of halogens is 2. The first-order chi connectivity index (χ1) is 22.6. The molecular formula is C35H36F2N4O5S. The van der Waals surface area contributed by atoms with Crippen LogP contribution in [0, 0.1) is 11.6 Å². The fraction of sp³-hybridized carbons (Fsp3) is 0.314. The Hall–Kier alpha value is -4.36. The van der Waals surface area contributed by atoms with Crippen molar-refractivity contribution in [3.63, 3.8) is 0 Å². The number of likely N-dealkylation sites (N-methyl/N-ethyl adjacent to an activating group) is 1. The van der Waals surface area contributed by atoms with E-state index in [9.17, 15) is 28.3 Å². The summed E-state index contributed by atoms with van der Waals surface area (Å²) in [5, 5.41) is 10.5. The molecule has 0 saturated carbocycles. The Morgan fingerprint density at radius 2 is 1.74 bits per heavy atom. The largest absolute Gasteiger partial charge is 0.392 e. The number of ketones is 1. The Morgan fingerprint density at radius 1 is 1.02 bits per heavy atom. The Balaban J connectivity index is 1.68. The maximum atomic E-state index is 14.9. The first-order valence-electron chi connectivity index (χ1n) is 15.2. The van der Waals surface area contributed by atoms with Gasteiger partial charge in [0, 0.05) is 55.4 Å². The SMILES string of the molecule is COCC(=O)Cc1ccc(-c2sc3c(c2CN(C)CCc2ccccn2)c(=O)n(CC(C)O)c(=O)n3Cc2c(F)cccc2F)cc1. The van der Waals surface area contributed by atoms with E-state index in [0.717, 1.165) is 33.5 Å². The summed E-state index contributed by atoms with van der Waals surface area (Å²) in [6.07, 6.45) is 1.55. The minimum absolute atomic E-state index is 0.00587. The molecule has 0 aliphatic carbocycles. The Morgan fingerprint density at radius 3 is 2.38 bits per heavy atom.